The fourth-order valence-corrected chi connectivity index (χ4v) is 2.90. The molecule has 0 bridgehead atoms. The third-order valence-electron chi connectivity index (χ3n) is 4.65. The lowest BCUT2D eigenvalue weighted by molar-refractivity contribution is -0.384. The molecular formula is C21H24N2O6. The van der Waals surface area contributed by atoms with Crippen molar-refractivity contribution < 1.29 is 24.0 Å². The van der Waals surface area contributed by atoms with Crippen molar-refractivity contribution in [3.05, 3.63) is 64.2 Å². The van der Waals surface area contributed by atoms with Gasteiger partial charge in [0.05, 0.1) is 24.0 Å². The highest BCUT2D eigenvalue weighted by molar-refractivity contribution is 5.95. The van der Waals surface area contributed by atoms with E-state index in [1.165, 1.54) is 25.3 Å². The molecule has 8 heteroatoms. The molecule has 0 spiro atoms. The minimum Gasteiger partial charge on any atom is -0.496 e. The maximum absolute atomic E-state index is 12.6. The summed E-state index contributed by atoms with van der Waals surface area (Å²) in [7, 11) is 1.39. The van der Waals surface area contributed by atoms with Gasteiger partial charge in [0, 0.05) is 0 Å². The van der Waals surface area contributed by atoms with Crippen LogP contribution in [-0.2, 0) is 14.3 Å². The van der Waals surface area contributed by atoms with E-state index in [2.05, 4.69) is 5.32 Å². The normalized spacial score (nSPS) is 12.5. The zero-order chi connectivity index (χ0) is 21.4. The van der Waals surface area contributed by atoms with Crippen molar-refractivity contribution >= 4 is 23.3 Å². The van der Waals surface area contributed by atoms with E-state index in [0.717, 1.165) is 12.0 Å². The van der Waals surface area contributed by atoms with Crippen LogP contribution in [0.4, 0.5) is 11.4 Å². The monoisotopic (exact) mass is 400 g/mol. The van der Waals surface area contributed by atoms with E-state index in [-0.39, 0.29) is 17.3 Å². The van der Waals surface area contributed by atoms with Crippen molar-refractivity contribution in [3.63, 3.8) is 0 Å². The van der Waals surface area contributed by atoms with Crippen molar-refractivity contribution in [2.75, 3.05) is 19.0 Å². The van der Waals surface area contributed by atoms with Crippen LogP contribution in [0.15, 0.2) is 48.5 Å². The summed E-state index contributed by atoms with van der Waals surface area (Å²) in [4.78, 5) is 35.4. The number of nitro groups is 1. The molecule has 0 aromatic heterocycles. The number of ether oxygens (including phenoxy) is 2. The number of hydrogen-bond acceptors (Lipinski definition) is 6. The molecule has 29 heavy (non-hydrogen) atoms. The second-order valence-electron chi connectivity index (χ2n) is 6.57. The molecule has 0 aliphatic heterocycles. The molecule has 1 N–H and O–H groups in total. The Kier molecular flexibility index (Phi) is 7.70. The number of methoxy groups -OCH3 is 1. The van der Waals surface area contributed by atoms with Crippen LogP contribution in [0.25, 0.3) is 0 Å². The van der Waals surface area contributed by atoms with Crippen LogP contribution >= 0.6 is 0 Å². The number of nitro benzene ring substituents is 1. The molecule has 2 aromatic carbocycles. The zero-order valence-electron chi connectivity index (χ0n) is 16.6. The molecule has 1 amide bonds. The van der Waals surface area contributed by atoms with E-state index < -0.39 is 29.3 Å². The van der Waals surface area contributed by atoms with Gasteiger partial charge in [-0.3, -0.25) is 19.7 Å². The summed E-state index contributed by atoms with van der Waals surface area (Å²) in [6.07, 6.45) is 0.763. The van der Waals surface area contributed by atoms with Gasteiger partial charge >= 0.3 is 5.97 Å². The number of carbonyl (C=O) groups excluding carboxylic acids is 2. The predicted molar refractivity (Wildman–Crippen MR) is 108 cm³/mol. The molecule has 8 nitrogen and oxygen atoms in total. The SMILES string of the molecule is CC[C@H](C)[C@@H](C(=O)OCC(=O)Nc1ccc(OC)cc1[N+](=O)[O-])c1ccccc1. The first-order chi connectivity index (χ1) is 13.9. The van der Waals surface area contributed by atoms with Crippen LogP contribution in [0, 0.1) is 16.0 Å². The lowest BCUT2D eigenvalue weighted by Crippen LogP contribution is -2.27. The first-order valence-corrected chi connectivity index (χ1v) is 9.21. The van der Waals surface area contributed by atoms with Crippen LogP contribution in [0.5, 0.6) is 5.75 Å². The largest absolute Gasteiger partial charge is 0.496 e. The second kappa shape index (κ2) is 10.2. The molecule has 2 atom stereocenters. The number of nitrogens with one attached hydrogen (secondary N) is 1. The van der Waals surface area contributed by atoms with Crippen molar-refractivity contribution in [2.45, 2.75) is 26.2 Å². The second-order valence-corrected chi connectivity index (χ2v) is 6.57. The van der Waals surface area contributed by atoms with Crippen LogP contribution in [0.3, 0.4) is 0 Å². The number of nitrogens with zero attached hydrogens (tertiary/aromatic N) is 1. The third kappa shape index (κ3) is 5.78. The quantitative estimate of drug-likeness (QED) is 0.388. The maximum atomic E-state index is 12.6. The van der Waals surface area contributed by atoms with Crippen molar-refractivity contribution in [3.8, 4) is 5.75 Å². The van der Waals surface area contributed by atoms with Crippen LogP contribution in [0.1, 0.15) is 31.7 Å². The highest BCUT2D eigenvalue weighted by atomic mass is 16.6. The summed E-state index contributed by atoms with van der Waals surface area (Å²) >= 11 is 0. The third-order valence-corrected chi connectivity index (χ3v) is 4.65. The number of esters is 1. The molecule has 2 aromatic rings. The van der Waals surface area contributed by atoms with E-state index in [4.69, 9.17) is 9.47 Å². The molecule has 0 fully saturated rings. The van der Waals surface area contributed by atoms with Gasteiger partial charge in [0.1, 0.15) is 11.4 Å². The maximum Gasteiger partial charge on any atom is 0.314 e. The molecule has 0 radical (unpaired) electrons. The van der Waals surface area contributed by atoms with E-state index in [0.29, 0.717) is 5.75 Å². The van der Waals surface area contributed by atoms with Gasteiger partial charge in [-0.2, -0.15) is 0 Å². The summed E-state index contributed by atoms with van der Waals surface area (Å²) in [6.45, 7) is 3.38. The van der Waals surface area contributed by atoms with Crippen molar-refractivity contribution in [2.24, 2.45) is 5.92 Å². The van der Waals surface area contributed by atoms with Crippen LogP contribution in [0.2, 0.25) is 0 Å². The number of benzene rings is 2. The average molecular weight is 400 g/mol. The highest BCUT2D eigenvalue weighted by Gasteiger charge is 2.28. The molecule has 0 aliphatic carbocycles. The molecular weight excluding hydrogens is 376 g/mol. The Labute approximate surface area is 169 Å². The fraction of sp³-hybridized carbons (Fsp3) is 0.333. The van der Waals surface area contributed by atoms with Crippen LogP contribution < -0.4 is 10.1 Å². The number of anilines is 1. The molecule has 154 valence electrons. The van der Waals surface area contributed by atoms with Gasteiger partial charge in [-0.15, -0.1) is 0 Å². The molecule has 0 unspecified atom stereocenters. The Hall–Kier alpha value is -3.42. The molecule has 0 aliphatic rings. The molecule has 0 saturated heterocycles. The Morgan fingerprint density at radius 1 is 1.17 bits per heavy atom. The first-order valence-electron chi connectivity index (χ1n) is 9.21. The minimum absolute atomic E-state index is 0.00150. The lowest BCUT2D eigenvalue weighted by atomic mass is 9.86. The van der Waals surface area contributed by atoms with Gasteiger partial charge in [0.25, 0.3) is 11.6 Å². The molecule has 2 rings (SSSR count). The van der Waals surface area contributed by atoms with Gasteiger partial charge in [-0.25, -0.2) is 0 Å². The Morgan fingerprint density at radius 2 is 1.86 bits per heavy atom. The Morgan fingerprint density at radius 3 is 2.45 bits per heavy atom. The van der Waals surface area contributed by atoms with Gasteiger partial charge in [-0.05, 0) is 23.6 Å². The Balaban J connectivity index is 2.06. The number of carbonyl (C=O) groups is 2. The van der Waals surface area contributed by atoms with E-state index >= 15 is 0 Å². The first kappa shape index (κ1) is 21.9. The van der Waals surface area contributed by atoms with E-state index in [9.17, 15) is 19.7 Å². The van der Waals surface area contributed by atoms with Crippen molar-refractivity contribution in [1.29, 1.82) is 0 Å². The van der Waals surface area contributed by atoms with Gasteiger partial charge < -0.3 is 14.8 Å². The lowest BCUT2D eigenvalue weighted by Gasteiger charge is -2.21. The van der Waals surface area contributed by atoms with Gasteiger partial charge in [0.2, 0.25) is 0 Å². The topological polar surface area (TPSA) is 108 Å². The fourth-order valence-electron chi connectivity index (χ4n) is 2.90. The smallest absolute Gasteiger partial charge is 0.314 e. The summed E-state index contributed by atoms with van der Waals surface area (Å²) in [5.74, 6) is -1.35. The van der Waals surface area contributed by atoms with Crippen molar-refractivity contribution in [1.82, 2.24) is 0 Å². The number of rotatable bonds is 9. The number of amides is 1. The van der Waals surface area contributed by atoms with Crippen LogP contribution in [-0.4, -0.2) is 30.5 Å². The van der Waals surface area contributed by atoms with E-state index in [1.54, 1.807) is 0 Å². The predicted octanol–water partition coefficient (Wildman–Crippen LogP) is 3.92. The summed E-state index contributed by atoms with van der Waals surface area (Å²) < 4.78 is 10.2. The van der Waals surface area contributed by atoms with Gasteiger partial charge in [0.15, 0.2) is 6.61 Å². The number of hydrogen-bond donors (Lipinski definition) is 1. The Bertz CT molecular complexity index is 869. The summed E-state index contributed by atoms with van der Waals surface area (Å²) in [5.41, 5.74) is 0.502. The minimum atomic E-state index is -0.664. The summed E-state index contributed by atoms with van der Waals surface area (Å²) in [5, 5.41) is 13.6. The zero-order valence-corrected chi connectivity index (χ0v) is 16.6. The standard InChI is InChI=1S/C21H24N2O6/c1-4-14(2)20(15-8-6-5-7-9-15)21(25)29-13-19(24)22-17-11-10-16(28-3)12-18(17)23(26)27/h5-12,14,20H,4,13H2,1-3H3,(H,22,24)/t14-,20+/m0/s1. The van der Waals surface area contributed by atoms with Gasteiger partial charge in [-0.1, -0.05) is 50.6 Å². The summed E-state index contributed by atoms with van der Waals surface area (Å²) in [6, 6.07) is 13.3. The average Bonchev–Trinajstić information content (AvgIpc) is 2.73. The van der Waals surface area contributed by atoms with E-state index in [1.807, 2.05) is 44.2 Å². The molecule has 0 saturated carbocycles. The highest BCUT2D eigenvalue weighted by Crippen LogP contribution is 2.30. The molecule has 0 heterocycles.